The molecule has 0 saturated heterocycles. The van der Waals surface area contributed by atoms with Crippen LogP contribution in [0, 0.1) is 5.92 Å². The molecule has 16 heavy (non-hydrogen) atoms. The highest BCUT2D eigenvalue weighted by atomic mass is 28.2. The lowest BCUT2D eigenvalue weighted by Gasteiger charge is -2.07. The first-order chi connectivity index (χ1) is 7.45. The van der Waals surface area contributed by atoms with Crippen molar-refractivity contribution < 1.29 is 18.8 Å². The molecule has 0 unspecified atom stereocenters. The Labute approximate surface area is 98.9 Å². The van der Waals surface area contributed by atoms with Gasteiger partial charge in [-0.25, -0.2) is 4.79 Å². The summed E-state index contributed by atoms with van der Waals surface area (Å²) in [5, 5.41) is 0. The first kappa shape index (κ1) is 14.9. The second kappa shape index (κ2) is 8.10. The fourth-order valence-electron chi connectivity index (χ4n) is 0.832. The van der Waals surface area contributed by atoms with E-state index in [4.69, 9.17) is 9.16 Å². The monoisotopic (exact) mass is 244 g/mol. The third-order valence-electron chi connectivity index (χ3n) is 1.84. The van der Waals surface area contributed by atoms with Crippen molar-refractivity contribution >= 4 is 21.7 Å². The Morgan fingerprint density at radius 3 is 2.50 bits per heavy atom. The van der Waals surface area contributed by atoms with Crippen LogP contribution in [0.4, 0.5) is 0 Å². The van der Waals surface area contributed by atoms with Gasteiger partial charge < -0.3 is 9.16 Å². The standard InChI is InChI=1S/C11H20O4Si/c1-8(2)10(12)14-6-5-7-16-15-11(13)9(3)4/h9H,1,5-7,16H2,2-4H3. The Morgan fingerprint density at radius 2 is 2.00 bits per heavy atom. The topological polar surface area (TPSA) is 52.6 Å². The molecule has 0 aromatic carbocycles. The highest BCUT2D eigenvalue weighted by molar-refractivity contribution is 6.30. The number of carbonyl (C=O) groups is 2. The van der Waals surface area contributed by atoms with Crippen LogP contribution in [0.25, 0.3) is 0 Å². The highest BCUT2D eigenvalue weighted by Crippen LogP contribution is 1.99. The molecule has 0 amide bonds. The molecule has 4 nitrogen and oxygen atoms in total. The summed E-state index contributed by atoms with van der Waals surface area (Å²) in [6.07, 6.45) is 0.747. The molecule has 92 valence electrons. The summed E-state index contributed by atoms with van der Waals surface area (Å²) in [6.45, 7) is 9.08. The van der Waals surface area contributed by atoms with Crippen molar-refractivity contribution in [2.45, 2.75) is 33.2 Å². The summed E-state index contributed by atoms with van der Waals surface area (Å²) >= 11 is 0. The molecule has 0 spiro atoms. The molecule has 0 aliphatic carbocycles. The maximum absolute atomic E-state index is 11.1. The maximum atomic E-state index is 11.1. The van der Waals surface area contributed by atoms with Gasteiger partial charge in [0.25, 0.3) is 5.97 Å². The van der Waals surface area contributed by atoms with Crippen molar-refractivity contribution in [1.82, 2.24) is 0 Å². The third-order valence-corrected chi connectivity index (χ3v) is 3.11. The van der Waals surface area contributed by atoms with Crippen LogP contribution in [0.1, 0.15) is 27.2 Å². The first-order valence-electron chi connectivity index (χ1n) is 5.44. The van der Waals surface area contributed by atoms with Gasteiger partial charge in [-0.2, -0.15) is 0 Å². The van der Waals surface area contributed by atoms with E-state index in [2.05, 4.69) is 6.58 Å². The van der Waals surface area contributed by atoms with Gasteiger partial charge in [0.1, 0.15) is 0 Å². The van der Waals surface area contributed by atoms with Gasteiger partial charge >= 0.3 is 5.97 Å². The average Bonchev–Trinajstić information content (AvgIpc) is 2.21. The summed E-state index contributed by atoms with van der Waals surface area (Å²) in [4.78, 5) is 22.1. The highest BCUT2D eigenvalue weighted by Gasteiger charge is 2.07. The molecule has 0 rings (SSSR count). The quantitative estimate of drug-likeness (QED) is 0.292. The predicted molar refractivity (Wildman–Crippen MR) is 64.7 cm³/mol. The molecule has 0 bridgehead atoms. The summed E-state index contributed by atoms with van der Waals surface area (Å²) < 4.78 is 10.0. The molecule has 0 heterocycles. The van der Waals surface area contributed by atoms with Gasteiger partial charge in [-0.3, -0.25) is 4.79 Å². The van der Waals surface area contributed by atoms with Crippen molar-refractivity contribution in [3.63, 3.8) is 0 Å². The van der Waals surface area contributed by atoms with E-state index in [-0.39, 0.29) is 17.9 Å². The molecule has 0 fully saturated rings. The number of carbonyl (C=O) groups excluding carboxylic acids is 2. The van der Waals surface area contributed by atoms with Gasteiger partial charge in [0.05, 0.1) is 6.61 Å². The molecule has 0 N–H and O–H groups in total. The van der Waals surface area contributed by atoms with Crippen LogP contribution in [0.3, 0.4) is 0 Å². The molecule has 0 aliphatic rings. The lowest BCUT2D eigenvalue weighted by atomic mass is 10.2. The van der Waals surface area contributed by atoms with E-state index in [0.717, 1.165) is 12.5 Å². The van der Waals surface area contributed by atoms with Crippen LogP contribution in [-0.2, 0) is 18.8 Å². The molecule has 0 aromatic rings. The number of rotatable bonds is 7. The van der Waals surface area contributed by atoms with Crippen LogP contribution >= 0.6 is 0 Å². The fourth-order valence-corrected chi connectivity index (χ4v) is 1.92. The van der Waals surface area contributed by atoms with Crippen LogP contribution < -0.4 is 0 Å². The maximum Gasteiger partial charge on any atom is 0.333 e. The van der Waals surface area contributed by atoms with E-state index in [1.807, 2.05) is 13.8 Å². The zero-order chi connectivity index (χ0) is 12.6. The van der Waals surface area contributed by atoms with Gasteiger partial charge in [-0.1, -0.05) is 20.4 Å². The minimum absolute atomic E-state index is 0.0613. The van der Waals surface area contributed by atoms with E-state index in [1.165, 1.54) is 0 Å². The zero-order valence-corrected chi connectivity index (χ0v) is 11.7. The third kappa shape index (κ3) is 7.22. The smallest absolute Gasteiger partial charge is 0.333 e. The molecule has 0 radical (unpaired) electrons. The van der Waals surface area contributed by atoms with Crippen molar-refractivity contribution in [3.05, 3.63) is 12.2 Å². The molecule has 0 aromatic heterocycles. The summed E-state index contributed by atoms with van der Waals surface area (Å²) in [5.41, 5.74) is 0.406. The summed E-state index contributed by atoms with van der Waals surface area (Å²) in [5.74, 6) is -0.555. The molecular formula is C11H20O4Si. The SMILES string of the molecule is C=C(C)C(=O)OCCC[SiH2]OC(=O)C(C)C. The fraction of sp³-hybridized carbons (Fsp3) is 0.636. The Bertz CT molecular complexity index is 261. The number of esters is 1. The second-order valence-electron chi connectivity index (χ2n) is 3.95. The van der Waals surface area contributed by atoms with Gasteiger partial charge in [-0.05, 0) is 19.4 Å². The Hall–Kier alpha value is -1.10. The predicted octanol–water partition coefficient (Wildman–Crippen LogP) is 1.20. The van der Waals surface area contributed by atoms with Gasteiger partial charge in [0.2, 0.25) is 9.76 Å². The zero-order valence-electron chi connectivity index (χ0n) is 10.2. The van der Waals surface area contributed by atoms with E-state index in [9.17, 15) is 9.59 Å². The Morgan fingerprint density at radius 1 is 1.38 bits per heavy atom. The average molecular weight is 244 g/mol. The normalized spacial score (nSPS) is 10.8. The molecule has 0 saturated carbocycles. The molecule has 5 heteroatoms. The van der Waals surface area contributed by atoms with Crippen molar-refractivity contribution in [2.24, 2.45) is 5.92 Å². The Kier molecular flexibility index (Phi) is 7.54. The number of hydrogen-bond acceptors (Lipinski definition) is 4. The van der Waals surface area contributed by atoms with E-state index < -0.39 is 9.76 Å². The van der Waals surface area contributed by atoms with Gasteiger partial charge in [0, 0.05) is 11.5 Å². The van der Waals surface area contributed by atoms with E-state index in [0.29, 0.717) is 12.2 Å². The minimum atomic E-state index is -0.806. The summed E-state index contributed by atoms with van der Waals surface area (Å²) in [6, 6.07) is 0.835. The van der Waals surface area contributed by atoms with Gasteiger partial charge in [-0.15, -0.1) is 0 Å². The molecule has 0 atom stereocenters. The summed E-state index contributed by atoms with van der Waals surface area (Å²) in [7, 11) is -0.806. The lowest BCUT2D eigenvalue weighted by Crippen LogP contribution is -2.15. The van der Waals surface area contributed by atoms with E-state index in [1.54, 1.807) is 6.92 Å². The number of ether oxygens (including phenoxy) is 1. The largest absolute Gasteiger partial charge is 0.525 e. The minimum Gasteiger partial charge on any atom is -0.525 e. The van der Waals surface area contributed by atoms with Crippen LogP contribution in [0.15, 0.2) is 12.2 Å². The molecular weight excluding hydrogens is 224 g/mol. The lowest BCUT2D eigenvalue weighted by molar-refractivity contribution is -0.139. The van der Waals surface area contributed by atoms with Crippen LogP contribution in [0.2, 0.25) is 6.04 Å². The number of hydrogen-bond donors (Lipinski definition) is 0. The van der Waals surface area contributed by atoms with Gasteiger partial charge in [0.15, 0.2) is 0 Å². The van der Waals surface area contributed by atoms with Crippen molar-refractivity contribution in [3.8, 4) is 0 Å². The molecule has 0 aliphatic heterocycles. The van der Waals surface area contributed by atoms with Crippen molar-refractivity contribution in [2.75, 3.05) is 6.61 Å². The Balaban J connectivity index is 3.38. The van der Waals surface area contributed by atoms with Crippen molar-refractivity contribution in [1.29, 1.82) is 0 Å². The second-order valence-corrected chi connectivity index (χ2v) is 5.35. The first-order valence-corrected chi connectivity index (χ1v) is 7.02. The van der Waals surface area contributed by atoms with Crippen LogP contribution in [0.5, 0.6) is 0 Å². The van der Waals surface area contributed by atoms with E-state index >= 15 is 0 Å². The van der Waals surface area contributed by atoms with Crippen LogP contribution in [-0.4, -0.2) is 28.3 Å².